The highest BCUT2D eigenvalue weighted by atomic mass is 32.2. The molecule has 2 aromatic rings. The summed E-state index contributed by atoms with van der Waals surface area (Å²) in [6.07, 6.45) is 10.9. The van der Waals surface area contributed by atoms with E-state index in [4.69, 9.17) is 15.1 Å². The van der Waals surface area contributed by atoms with Crippen molar-refractivity contribution in [2.45, 2.75) is 67.7 Å². The van der Waals surface area contributed by atoms with Crippen molar-refractivity contribution in [1.29, 1.82) is 0 Å². The lowest BCUT2D eigenvalue weighted by Crippen LogP contribution is -2.43. The zero-order valence-electron chi connectivity index (χ0n) is 18.1. The second-order valence-electron chi connectivity index (χ2n) is 8.72. The Balaban J connectivity index is 1.76. The van der Waals surface area contributed by atoms with Gasteiger partial charge in [0.2, 0.25) is 0 Å². The molecule has 32 heavy (non-hydrogen) atoms. The highest BCUT2D eigenvalue weighted by molar-refractivity contribution is 7.90. The van der Waals surface area contributed by atoms with Crippen molar-refractivity contribution in [3.8, 4) is 11.3 Å². The molecule has 2 aliphatic rings. The molecule has 1 fully saturated rings. The molecule has 3 unspecified atom stereocenters. The van der Waals surface area contributed by atoms with Crippen molar-refractivity contribution in [2.75, 3.05) is 6.26 Å². The summed E-state index contributed by atoms with van der Waals surface area (Å²) in [6.45, 7) is 0. The number of nitrogens with zero attached hydrogens (tertiary/aromatic N) is 2. The molecule has 4 rings (SSSR count). The minimum Gasteiger partial charge on any atom is -0.440 e. The molecule has 3 atom stereocenters. The van der Waals surface area contributed by atoms with Crippen LogP contribution >= 0.6 is 0 Å². The molecule has 0 radical (unpaired) electrons. The van der Waals surface area contributed by atoms with Crippen LogP contribution in [-0.4, -0.2) is 42.0 Å². The van der Waals surface area contributed by atoms with Gasteiger partial charge in [-0.05, 0) is 50.7 Å². The number of hydrogen-bond acceptors (Lipinski definition) is 6. The first kappa shape index (κ1) is 22.5. The Hall–Kier alpha value is -2.65. The number of amides is 2. The number of sulfone groups is 1. The van der Waals surface area contributed by atoms with Gasteiger partial charge < -0.3 is 10.2 Å². The molecule has 0 bridgehead atoms. The van der Waals surface area contributed by atoms with Gasteiger partial charge in [0.25, 0.3) is 0 Å². The summed E-state index contributed by atoms with van der Waals surface area (Å²) in [5, 5.41) is 10.6. The van der Waals surface area contributed by atoms with Gasteiger partial charge in [-0.1, -0.05) is 30.7 Å². The summed E-state index contributed by atoms with van der Waals surface area (Å²) in [6, 6.07) is 5.57. The fourth-order valence-electron chi connectivity index (χ4n) is 4.80. The third kappa shape index (κ3) is 4.59. The van der Waals surface area contributed by atoms with Gasteiger partial charge in [-0.3, -0.25) is 5.21 Å². The number of nitrogens with two attached hydrogens (primary N) is 1. The lowest BCUT2D eigenvalue weighted by molar-refractivity contribution is -0.0865. The number of hydroxylamine groups is 2. The molecule has 3 N–H and O–H groups in total. The lowest BCUT2D eigenvalue weighted by Gasteiger charge is -2.31. The fourth-order valence-corrected chi connectivity index (χ4v) is 5.69. The van der Waals surface area contributed by atoms with E-state index in [0.29, 0.717) is 35.1 Å². The third-order valence-electron chi connectivity index (χ3n) is 6.42. The summed E-state index contributed by atoms with van der Waals surface area (Å²) in [5.74, 6) is 1.06. The second kappa shape index (κ2) is 9.07. The monoisotopic (exact) mass is 459 g/mol. The van der Waals surface area contributed by atoms with E-state index in [2.05, 4.69) is 12.2 Å². The Morgan fingerprint density at radius 3 is 2.66 bits per heavy atom. The van der Waals surface area contributed by atoms with E-state index in [1.807, 2.05) is 0 Å². The number of urea groups is 1. The highest BCUT2D eigenvalue weighted by Crippen LogP contribution is 2.42. The molecule has 1 saturated carbocycles. The average molecular weight is 460 g/mol. The molecule has 2 aliphatic carbocycles. The summed E-state index contributed by atoms with van der Waals surface area (Å²) < 4.78 is 31.2. The Morgan fingerprint density at radius 1 is 1.19 bits per heavy atom. The maximum Gasteiger partial charge on any atom is 0.338 e. The molecular weight excluding hydrogens is 430 g/mol. The quantitative estimate of drug-likeness (QED) is 0.388. The van der Waals surface area contributed by atoms with Gasteiger partial charge in [0, 0.05) is 23.7 Å². The van der Waals surface area contributed by atoms with Gasteiger partial charge in [-0.15, -0.1) is 0 Å². The number of benzene rings is 1. The summed E-state index contributed by atoms with van der Waals surface area (Å²) in [4.78, 5) is 16.5. The first-order chi connectivity index (χ1) is 15.3. The predicted octanol–water partition coefficient (Wildman–Crippen LogP) is 4.36. The SMILES string of the molecule is CS(=O)(=O)c1ccccc1-c1oc(C2CCCC(N(O)C(N)=O)C2)nc1C1CC=CCC1. The molecule has 0 aliphatic heterocycles. The minimum atomic E-state index is -3.47. The zero-order chi connectivity index (χ0) is 22.9. The smallest absolute Gasteiger partial charge is 0.338 e. The average Bonchev–Trinajstić information content (AvgIpc) is 3.24. The summed E-state index contributed by atoms with van der Waals surface area (Å²) in [5.41, 5.74) is 6.54. The maximum absolute atomic E-state index is 12.5. The van der Waals surface area contributed by atoms with E-state index < -0.39 is 21.9 Å². The molecular formula is C23H29N3O5S. The number of carbonyl (C=O) groups excluding carboxylic acids is 1. The number of aromatic nitrogens is 1. The summed E-state index contributed by atoms with van der Waals surface area (Å²) >= 11 is 0. The van der Waals surface area contributed by atoms with Gasteiger partial charge in [0.05, 0.1) is 16.6 Å². The largest absolute Gasteiger partial charge is 0.440 e. The first-order valence-corrected chi connectivity index (χ1v) is 12.9. The zero-order valence-corrected chi connectivity index (χ0v) is 18.9. The van der Waals surface area contributed by atoms with Gasteiger partial charge in [0.1, 0.15) is 0 Å². The molecule has 1 aromatic heterocycles. The number of carbonyl (C=O) groups is 1. The Bertz CT molecular complexity index is 1120. The topological polar surface area (TPSA) is 127 Å². The van der Waals surface area contributed by atoms with Crippen LogP contribution in [0.5, 0.6) is 0 Å². The van der Waals surface area contributed by atoms with Gasteiger partial charge in [0.15, 0.2) is 21.5 Å². The molecule has 1 aromatic carbocycles. The number of oxazole rings is 1. The summed E-state index contributed by atoms with van der Waals surface area (Å²) in [7, 11) is -3.47. The van der Waals surface area contributed by atoms with Crippen LogP contribution in [0.3, 0.4) is 0 Å². The standard InChI is InChI=1S/C23H29N3O5S/c1-32(29,30)19-13-6-5-12-18(19)21-20(15-8-3-2-4-9-15)25-22(31-21)16-10-7-11-17(14-16)26(28)23(24)27/h2-3,5-6,12-13,15-17,28H,4,7-11,14H2,1H3,(H2,24,27). The highest BCUT2D eigenvalue weighted by Gasteiger charge is 2.34. The minimum absolute atomic E-state index is 0.0974. The normalized spacial score (nSPS) is 23.8. The van der Waals surface area contributed by atoms with Crippen LogP contribution in [0.4, 0.5) is 4.79 Å². The van der Waals surface area contributed by atoms with E-state index in [1.165, 1.54) is 6.26 Å². The molecule has 8 nitrogen and oxygen atoms in total. The number of primary amides is 1. The van der Waals surface area contributed by atoms with Crippen molar-refractivity contribution in [1.82, 2.24) is 10.0 Å². The Kier molecular flexibility index (Phi) is 6.39. The third-order valence-corrected chi connectivity index (χ3v) is 7.58. The molecule has 9 heteroatoms. The molecule has 1 heterocycles. The van der Waals surface area contributed by atoms with E-state index in [9.17, 15) is 18.4 Å². The van der Waals surface area contributed by atoms with Crippen LogP contribution < -0.4 is 5.73 Å². The fraction of sp³-hybridized carbons (Fsp3) is 0.478. The first-order valence-electron chi connectivity index (χ1n) is 11.0. The molecule has 0 spiro atoms. The van der Waals surface area contributed by atoms with Gasteiger partial charge in [-0.25, -0.2) is 23.3 Å². The van der Waals surface area contributed by atoms with Gasteiger partial charge >= 0.3 is 6.03 Å². The van der Waals surface area contributed by atoms with E-state index >= 15 is 0 Å². The van der Waals surface area contributed by atoms with Crippen LogP contribution in [0.25, 0.3) is 11.3 Å². The van der Waals surface area contributed by atoms with Crippen LogP contribution in [0.1, 0.15) is 68.4 Å². The number of hydrogen-bond donors (Lipinski definition) is 2. The van der Waals surface area contributed by atoms with Crippen molar-refractivity contribution < 1.29 is 22.8 Å². The van der Waals surface area contributed by atoms with E-state index in [1.54, 1.807) is 24.3 Å². The molecule has 2 amide bonds. The van der Waals surface area contributed by atoms with Crippen LogP contribution in [0, 0.1) is 0 Å². The molecule has 172 valence electrons. The van der Waals surface area contributed by atoms with E-state index in [0.717, 1.165) is 37.8 Å². The van der Waals surface area contributed by atoms with Crippen LogP contribution in [0.15, 0.2) is 45.7 Å². The molecule has 0 saturated heterocycles. The van der Waals surface area contributed by atoms with Crippen molar-refractivity contribution >= 4 is 15.9 Å². The van der Waals surface area contributed by atoms with Crippen LogP contribution in [-0.2, 0) is 9.84 Å². The maximum atomic E-state index is 12.5. The lowest BCUT2D eigenvalue weighted by atomic mass is 9.85. The Labute approximate surface area is 188 Å². The van der Waals surface area contributed by atoms with Crippen molar-refractivity contribution in [2.24, 2.45) is 5.73 Å². The van der Waals surface area contributed by atoms with Crippen molar-refractivity contribution in [3.05, 3.63) is 48.0 Å². The van der Waals surface area contributed by atoms with E-state index in [-0.39, 0.29) is 16.7 Å². The van der Waals surface area contributed by atoms with Crippen molar-refractivity contribution in [3.63, 3.8) is 0 Å². The van der Waals surface area contributed by atoms with Gasteiger partial charge in [-0.2, -0.15) is 0 Å². The number of rotatable bonds is 5. The Morgan fingerprint density at radius 2 is 1.97 bits per heavy atom. The van der Waals surface area contributed by atoms with Crippen LogP contribution in [0.2, 0.25) is 0 Å². The second-order valence-corrected chi connectivity index (χ2v) is 10.7. The number of allylic oxidation sites excluding steroid dienone is 2. The predicted molar refractivity (Wildman–Crippen MR) is 119 cm³/mol.